The molecule has 0 heterocycles. The van der Waals surface area contributed by atoms with Crippen LogP contribution in [0.4, 0.5) is 0 Å². The Kier molecular flexibility index (Phi) is 109. The highest BCUT2D eigenvalue weighted by molar-refractivity contribution is 4.60. The molecule has 0 saturated heterocycles. The van der Waals surface area contributed by atoms with Crippen molar-refractivity contribution in [2.75, 3.05) is 0 Å². The SMILES string of the molecule is CC.CCC.CCC.CCCC.CCCCC.CCCCCCCCC[C@@H](C)O[C@@H](CC)CCCC.CCCCCCCCC[C@H](C)O.CCCC[C@@H](C)CC. The molecule has 352 valence electrons. The van der Waals surface area contributed by atoms with E-state index in [9.17, 15) is 0 Å². The van der Waals surface area contributed by atoms with Crippen molar-refractivity contribution >= 4 is 0 Å². The third kappa shape index (κ3) is 111. The van der Waals surface area contributed by atoms with E-state index in [1.54, 1.807) is 0 Å². The average Bonchev–Trinajstić information content (AvgIpc) is 3.20. The highest BCUT2D eigenvalue weighted by atomic mass is 16.5. The van der Waals surface area contributed by atoms with E-state index in [0.717, 1.165) is 12.3 Å². The minimum absolute atomic E-state index is 0.0966. The Balaban J connectivity index is -0.0000000890. The number of hydrogen-bond donors (Lipinski definition) is 1. The molecule has 0 aromatic heterocycles. The van der Waals surface area contributed by atoms with Crippen LogP contribution in [0.1, 0.15) is 331 Å². The summed E-state index contributed by atoms with van der Waals surface area (Å²) in [5.41, 5.74) is 0. The second kappa shape index (κ2) is 82.8. The number of unbranched alkanes of at least 4 members (excludes halogenated alkanes) is 17. The third-order valence-electron chi connectivity index (χ3n) is 9.15. The molecule has 0 unspecified atom stereocenters. The van der Waals surface area contributed by atoms with Crippen molar-refractivity contribution in [1.29, 1.82) is 0 Å². The lowest BCUT2D eigenvalue weighted by atomic mass is 10.0. The normalized spacial score (nSPS) is 11.8. The van der Waals surface area contributed by atoms with Crippen molar-refractivity contribution in [2.45, 2.75) is 349 Å². The molecule has 0 amide bonds. The Morgan fingerprint density at radius 3 is 0.946 bits per heavy atom. The van der Waals surface area contributed by atoms with E-state index < -0.39 is 0 Å². The molecule has 2 heteroatoms. The van der Waals surface area contributed by atoms with E-state index in [4.69, 9.17) is 9.84 Å². The molecule has 2 nitrogen and oxygen atoms in total. The molecule has 0 bridgehead atoms. The summed E-state index contributed by atoms with van der Waals surface area (Å²) in [4.78, 5) is 0. The molecule has 0 spiro atoms. The van der Waals surface area contributed by atoms with Gasteiger partial charge in [0.2, 0.25) is 0 Å². The molecule has 0 saturated carbocycles. The van der Waals surface area contributed by atoms with Gasteiger partial charge in [-0.2, -0.15) is 0 Å². The van der Waals surface area contributed by atoms with Gasteiger partial charge in [0.05, 0.1) is 18.3 Å². The number of aliphatic hydroxyl groups excluding tert-OH is 1. The van der Waals surface area contributed by atoms with Gasteiger partial charge in [-0.3, -0.25) is 0 Å². The van der Waals surface area contributed by atoms with Gasteiger partial charge in [0.25, 0.3) is 0 Å². The van der Waals surface area contributed by atoms with Crippen molar-refractivity contribution in [3.8, 4) is 0 Å². The van der Waals surface area contributed by atoms with Gasteiger partial charge in [-0.1, -0.05) is 291 Å². The molecule has 0 aromatic rings. The number of aliphatic hydroxyl groups is 1. The smallest absolute Gasteiger partial charge is 0.0576 e. The highest BCUT2D eigenvalue weighted by Crippen LogP contribution is 2.16. The molecule has 0 radical (unpaired) electrons. The van der Waals surface area contributed by atoms with Crippen molar-refractivity contribution in [2.24, 2.45) is 5.92 Å². The molecule has 0 aliphatic rings. The first-order chi connectivity index (χ1) is 27.0. The van der Waals surface area contributed by atoms with E-state index >= 15 is 0 Å². The number of ether oxygens (including phenoxy) is 1. The highest BCUT2D eigenvalue weighted by Gasteiger charge is 2.10. The second-order valence-electron chi connectivity index (χ2n) is 16.2. The first-order valence-corrected chi connectivity index (χ1v) is 26.3. The lowest BCUT2D eigenvalue weighted by Gasteiger charge is -2.21. The Labute approximate surface area is 363 Å². The molecular weight excluding hydrogens is 681 g/mol. The van der Waals surface area contributed by atoms with Gasteiger partial charge in [0, 0.05) is 0 Å². The maximum atomic E-state index is 8.99. The maximum Gasteiger partial charge on any atom is 0.0576 e. The molecule has 56 heavy (non-hydrogen) atoms. The first-order valence-electron chi connectivity index (χ1n) is 26.3. The minimum atomic E-state index is -0.0966. The topological polar surface area (TPSA) is 29.5 Å². The van der Waals surface area contributed by atoms with Crippen LogP contribution in [-0.2, 0) is 4.74 Å². The summed E-state index contributed by atoms with van der Waals surface area (Å²) in [5, 5.41) is 8.99. The molecule has 0 aromatic carbocycles. The van der Waals surface area contributed by atoms with E-state index in [1.165, 1.54) is 193 Å². The summed E-state index contributed by atoms with van der Waals surface area (Å²) in [5.74, 6) is 0.954. The molecule has 0 rings (SSSR count). The first kappa shape index (κ1) is 73.5. The van der Waals surface area contributed by atoms with Crippen LogP contribution in [-0.4, -0.2) is 23.4 Å². The molecule has 0 aliphatic carbocycles. The lowest BCUT2D eigenvalue weighted by molar-refractivity contribution is -0.0142. The third-order valence-corrected chi connectivity index (χ3v) is 9.15. The average molecular weight is 806 g/mol. The van der Waals surface area contributed by atoms with Crippen LogP contribution >= 0.6 is 0 Å². The molecule has 1 N–H and O–H groups in total. The Morgan fingerprint density at radius 1 is 0.339 bits per heavy atom. The van der Waals surface area contributed by atoms with E-state index in [-0.39, 0.29) is 6.10 Å². The Bertz CT molecular complexity index is 485. The van der Waals surface area contributed by atoms with Gasteiger partial charge in [-0.15, -0.1) is 0 Å². The largest absolute Gasteiger partial charge is 0.393 e. The summed E-state index contributed by atoms with van der Waals surface area (Å²) < 4.78 is 6.15. The quantitative estimate of drug-likeness (QED) is 0.0763. The fourth-order valence-electron chi connectivity index (χ4n) is 5.09. The number of hydrogen-bond acceptors (Lipinski definition) is 2. The Hall–Kier alpha value is -0.0800. The van der Waals surface area contributed by atoms with E-state index in [0.29, 0.717) is 12.2 Å². The van der Waals surface area contributed by atoms with Gasteiger partial charge >= 0.3 is 0 Å². The van der Waals surface area contributed by atoms with E-state index in [2.05, 4.69) is 111 Å². The van der Waals surface area contributed by atoms with Crippen LogP contribution in [0.15, 0.2) is 0 Å². The van der Waals surface area contributed by atoms with Crippen LogP contribution in [0.3, 0.4) is 0 Å². The summed E-state index contributed by atoms with van der Waals surface area (Å²) >= 11 is 0. The monoisotopic (exact) mass is 805 g/mol. The van der Waals surface area contributed by atoms with Crippen molar-refractivity contribution in [3.63, 3.8) is 0 Å². The fourth-order valence-corrected chi connectivity index (χ4v) is 5.09. The zero-order chi connectivity index (χ0) is 44.9. The summed E-state index contributed by atoms with van der Waals surface area (Å²) in [6.45, 7) is 41.3. The van der Waals surface area contributed by atoms with Crippen LogP contribution in [0.2, 0.25) is 0 Å². The van der Waals surface area contributed by atoms with Crippen LogP contribution in [0.5, 0.6) is 0 Å². The predicted octanol–water partition coefficient (Wildman–Crippen LogP) is 21.1. The predicted molar refractivity (Wildman–Crippen MR) is 269 cm³/mol. The van der Waals surface area contributed by atoms with Gasteiger partial charge in [0.1, 0.15) is 0 Å². The zero-order valence-corrected chi connectivity index (χ0v) is 44.1. The standard InChI is InChI=1S/C18H38O.C11H24O.C8H18.C5H12.C4H10.2C3H8.C2H6/c1-5-8-10-11-12-13-14-15-17(4)19-18(7-3)16-9-6-2;1-3-4-5-6-7-8-9-10-11(2)12;1-4-6-7-8(3)5-2;1-3-5-4-2;1-3-4-2;2*1-3-2;1-2/h17-18H,5-16H2,1-4H3;11-12H,3-10H2,1-2H3;8H,4-7H2,1-3H3;3-5H2,1-2H3;3-4H2,1-2H3;2*3H2,1-2H3;1-2H3/t17-,18+;11-;8-;;;;;/m100...../s1. The minimum Gasteiger partial charge on any atom is -0.393 e. The number of rotatable bonds is 29. The van der Waals surface area contributed by atoms with Crippen LogP contribution in [0, 0.1) is 5.92 Å². The zero-order valence-electron chi connectivity index (χ0n) is 44.1. The summed E-state index contributed by atoms with van der Waals surface area (Å²) in [7, 11) is 0. The molecule has 4 atom stereocenters. The molecule has 0 fully saturated rings. The van der Waals surface area contributed by atoms with Gasteiger partial charge in [0.15, 0.2) is 0 Å². The molecule has 0 aliphatic heterocycles. The maximum absolute atomic E-state index is 8.99. The van der Waals surface area contributed by atoms with Crippen LogP contribution in [0.25, 0.3) is 0 Å². The second-order valence-corrected chi connectivity index (χ2v) is 16.2. The lowest BCUT2D eigenvalue weighted by Crippen LogP contribution is -2.19. The van der Waals surface area contributed by atoms with Gasteiger partial charge in [-0.05, 0) is 45.4 Å². The Morgan fingerprint density at radius 2 is 0.661 bits per heavy atom. The van der Waals surface area contributed by atoms with Gasteiger partial charge in [-0.25, -0.2) is 0 Å². The van der Waals surface area contributed by atoms with Crippen LogP contribution < -0.4 is 0 Å². The fraction of sp³-hybridized carbons (Fsp3) is 1.00. The molecular formula is C54H124O2. The van der Waals surface area contributed by atoms with Gasteiger partial charge < -0.3 is 9.84 Å². The summed E-state index contributed by atoms with van der Waals surface area (Å²) in [6, 6.07) is 0. The van der Waals surface area contributed by atoms with Crippen molar-refractivity contribution in [1.82, 2.24) is 0 Å². The van der Waals surface area contributed by atoms with E-state index in [1.807, 2.05) is 20.8 Å². The van der Waals surface area contributed by atoms with Crippen molar-refractivity contribution < 1.29 is 9.84 Å². The summed E-state index contributed by atoms with van der Waals surface area (Å²) in [6.07, 6.45) is 41.9. The van der Waals surface area contributed by atoms with Crippen molar-refractivity contribution in [3.05, 3.63) is 0 Å².